The van der Waals surface area contributed by atoms with Gasteiger partial charge in [-0.2, -0.15) is 0 Å². The molecule has 0 amide bonds. The van der Waals surface area contributed by atoms with E-state index in [2.05, 4.69) is 42.0 Å². The van der Waals surface area contributed by atoms with E-state index >= 15 is 0 Å². The molecule has 0 aromatic heterocycles. The molecule has 0 bridgehead atoms. The topological polar surface area (TPSA) is 12.0 Å². The Morgan fingerprint density at radius 3 is 2.62 bits per heavy atom. The molecule has 0 aliphatic carbocycles. The van der Waals surface area contributed by atoms with Gasteiger partial charge in [0.25, 0.3) is 0 Å². The summed E-state index contributed by atoms with van der Waals surface area (Å²) in [5, 5.41) is 3.45. The molecule has 0 saturated carbocycles. The van der Waals surface area contributed by atoms with E-state index < -0.39 is 0 Å². The van der Waals surface area contributed by atoms with Crippen LogP contribution in [0.5, 0.6) is 0 Å². The van der Waals surface area contributed by atoms with E-state index in [4.69, 9.17) is 0 Å². The van der Waals surface area contributed by atoms with Gasteiger partial charge in [-0.1, -0.05) is 26.3 Å². The van der Waals surface area contributed by atoms with Gasteiger partial charge in [0.2, 0.25) is 0 Å². The van der Waals surface area contributed by atoms with Crippen molar-refractivity contribution in [2.24, 2.45) is 5.92 Å². The Balaban J connectivity index is 2.51. The standard InChI is InChI=1S/C13H19BrFN/c1-4-9(2)10(3)16-8-11-5-6-13(15)12(14)7-11/h5-7,9-10,16H,4,8H2,1-3H3. The molecule has 2 atom stereocenters. The maximum atomic E-state index is 13.0. The lowest BCUT2D eigenvalue weighted by atomic mass is 10.0. The van der Waals surface area contributed by atoms with Gasteiger partial charge in [-0.15, -0.1) is 0 Å². The summed E-state index contributed by atoms with van der Waals surface area (Å²) in [6.45, 7) is 7.40. The largest absolute Gasteiger partial charge is 0.310 e. The van der Waals surface area contributed by atoms with E-state index in [0.717, 1.165) is 12.1 Å². The van der Waals surface area contributed by atoms with Gasteiger partial charge in [0.1, 0.15) is 5.82 Å². The van der Waals surface area contributed by atoms with Gasteiger partial charge in [0.05, 0.1) is 4.47 Å². The average Bonchev–Trinajstić information content (AvgIpc) is 2.29. The second-order valence-electron chi connectivity index (χ2n) is 4.30. The molecule has 90 valence electrons. The summed E-state index contributed by atoms with van der Waals surface area (Å²) >= 11 is 3.19. The first-order valence-electron chi connectivity index (χ1n) is 5.72. The van der Waals surface area contributed by atoms with E-state index in [9.17, 15) is 4.39 Å². The molecule has 0 aliphatic heterocycles. The summed E-state index contributed by atoms with van der Waals surface area (Å²) < 4.78 is 13.5. The predicted molar refractivity (Wildman–Crippen MR) is 69.9 cm³/mol. The van der Waals surface area contributed by atoms with E-state index in [1.165, 1.54) is 12.5 Å². The Bertz CT molecular complexity index is 341. The van der Waals surface area contributed by atoms with Crippen molar-refractivity contribution in [3.05, 3.63) is 34.1 Å². The smallest absolute Gasteiger partial charge is 0.137 e. The Labute approximate surface area is 106 Å². The Morgan fingerprint density at radius 2 is 2.06 bits per heavy atom. The lowest BCUT2D eigenvalue weighted by molar-refractivity contribution is 0.389. The summed E-state index contributed by atoms with van der Waals surface area (Å²) in [6.07, 6.45) is 1.17. The molecule has 16 heavy (non-hydrogen) atoms. The lowest BCUT2D eigenvalue weighted by Gasteiger charge is -2.20. The Hall–Kier alpha value is -0.410. The van der Waals surface area contributed by atoms with E-state index in [1.54, 1.807) is 0 Å². The van der Waals surface area contributed by atoms with Crippen LogP contribution in [0.15, 0.2) is 22.7 Å². The van der Waals surface area contributed by atoms with Crippen LogP contribution in [-0.4, -0.2) is 6.04 Å². The number of benzene rings is 1. The zero-order valence-corrected chi connectivity index (χ0v) is 11.6. The summed E-state index contributed by atoms with van der Waals surface area (Å²) in [7, 11) is 0. The monoisotopic (exact) mass is 287 g/mol. The summed E-state index contributed by atoms with van der Waals surface area (Å²) in [5.41, 5.74) is 1.10. The molecule has 0 heterocycles. The fraction of sp³-hybridized carbons (Fsp3) is 0.538. The van der Waals surface area contributed by atoms with Crippen LogP contribution in [-0.2, 0) is 6.54 Å². The minimum atomic E-state index is -0.210. The average molecular weight is 288 g/mol. The molecule has 0 aliphatic rings. The number of rotatable bonds is 5. The zero-order chi connectivity index (χ0) is 12.1. The highest BCUT2D eigenvalue weighted by Crippen LogP contribution is 2.17. The van der Waals surface area contributed by atoms with Gasteiger partial charge in [-0.25, -0.2) is 4.39 Å². The van der Waals surface area contributed by atoms with Crippen molar-refractivity contribution in [3.63, 3.8) is 0 Å². The summed E-state index contributed by atoms with van der Waals surface area (Å²) in [6, 6.07) is 5.62. The molecular formula is C13H19BrFN. The van der Waals surface area contributed by atoms with Gasteiger partial charge in [0.15, 0.2) is 0 Å². The van der Waals surface area contributed by atoms with Crippen molar-refractivity contribution in [3.8, 4) is 0 Å². The molecule has 1 N–H and O–H groups in total. The molecule has 0 spiro atoms. The highest BCUT2D eigenvalue weighted by Gasteiger charge is 2.09. The third kappa shape index (κ3) is 3.87. The number of hydrogen-bond acceptors (Lipinski definition) is 1. The van der Waals surface area contributed by atoms with Gasteiger partial charge in [0, 0.05) is 12.6 Å². The van der Waals surface area contributed by atoms with Gasteiger partial charge >= 0.3 is 0 Å². The lowest BCUT2D eigenvalue weighted by Crippen LogP contribution is -2.31. The summed E-state index contributed by atoms with van der Waals surface area (Å²) in [4.78, 5) is 0. The molecule has 0 saturated heterocycles. The van der Waals surface area contributed by atoms with Crippen LogP contribution < -0.4 is 5.32 Å². The van der Waals surface area contributed by atoms with Crippen molar-refractivity contribution >= 4 is 15.9 Å². The fourth-order valence-electron chi connectivity index (χ4n) is 1.48. The minimum Gasteiger partial charge on any atom is -0.310 e. The maximum absolute atomic E-state index is 13.0. The van der Waals surface area contributed by atoms with E-state index in [0.29, 0.717) is 16.4 Å². The van der Waals surface area contributed by atoms with Crippen molar-refractivity contribution in [2.75, 3.05) is 0 Å². The van der Waals surface area contributed by atoms with Crippen LogP contribution >= 0.6 is 15.9 Å². The predicted octanol–water partition coefficient (Wildman–Crippen LogP) is 4.11. The molecular weight excluding hydrogens is 269 g/mol. The maximum Gasteiger partial charge on any atom is 0.137 e. The van der Waals surface area contributed by atoms with Crippen LogP contribution in [0.2, 0.25) is 0 Å². The van der Waals surface area contributed by atoms with Crippen molar-refractivity contribution in [2.45, 2.75) is 39.8 Å². The Morgan fingerprint density at radius 1 is 1.38 bits per heavy atom. The van der Waals surface area contributed by atoms with Crippen LogP contribution in [0.3, 0.4) is 0 Å². The van der Waals surface area contributed by atoms with Crippen molar-refractivity contribution in [1.82, 2.24) is 5.32 Å². The Kier molecular flexibility index (Phi) is 5.42. The molecule has 1 nitrogen and oxygen atoms in total. The van der Waals surface area contributed by atoms with Gasteiger partial charge in [-0.3, -0.25) is 0 Å². The summed E-state index contributed by atoms with van der Waals surface area (Å²) in [5.74, 6) is 0.447. The van der Waals surface area contributed by atoms with Gasteiger partial charge < -0.3 is 5.32 Å². The molecule has 3 heteroatoms. The van der Waals surface area contributed by atoms with E-state index in [-0.39, 0.29) is 5.82 Å². The number of hydrogen-bond donors (Lipinski definition) is 1. The molecule has 0 fully saturated rings. The first kappa shape index (κ1) is 13.7. The highest BCUT2D eigenvalue weighted by molar-refractivity contribution is 9.10. The van der Waals surface area contributed by atoms with Crippen LogP contribution in [0, 0.1) is 11.7 Å². The normalized spacial score (nSPS) is 14.8. The molecule has 0 radical (unpaired) electrons. The van der Waals surface area contributed by atoms with E-state index in [1.807, 2.05) is 12.1 Å². The van der Waals surface area contributed by atoms with Crippen LogP contribution in [0.25, 0.3) is 0 Å². The van der Waals surface area contributed by atoms with Crippen LogP contribution in [0.1, 0.15) is 32.8 Å². The quantitative estimate of drug-likeness (QED) is 0.859. The second kappa shape index (κ2) is 6.36. The van der Waals surface area contributed by atoms with Crippen LogP contribution in [0.4, 0.5) is 4.39 Å². The fourth-order valence-corrected chi connectivity index (χ4v) is 1.91. The molecule has 2 unspecified atom stereocenters. The molecule has 1 rings (SSSR count). The SMILES string of the molecule is CCC(C)C(C)NCc1ccc(F)c(Br)c1. The molecule has 1 aromatic carbocycles. The van der Waals surface area contributed by atoms with Gasteiger partial charge in [-0.05, 0) is 46.5 Å². The third-order valence-electron chi connectivity index (χ3n) is 3.11. The first-order chi connectivity index (χ1) is 7.54. The highest BCUT2D eigenvalue weighted by atomic mass is 79.9. The van der Waals surface area contributed by atoms with Crippen molar-refractivity contribution in [1.29, 1.82) is 0 Å². The zero-order valence-electron chi connectivity index (χ0n) is 10.1. The number of nitrogens with one attached hydrogen (secondary N) is 1. The minimum absolute atomic E-state index is 0.210. The third-order valence-corrected chi connectivity index (χ3v) is 3.72. The number of halogens is 2. The second-order valence-corrected chi connectivity index (χ2v) is 5.16. The first-order valence-corrected chi connectivity index (χ1v) is 6.51. The molecule has 1 aromatic rings. The van der Waals surface area contributed by atoms with Crippen molar-refractivity contribution < 1.29 is 4.39 Å².